The molecule has 1 atom stereocenters. The van der Waals surface area contributed by atoms with Crippen LogP contribution >= 0.6 is 0 Å². The second-order valence-electron chi connectivity index (χ2n) is 12.0. The maximum Gasteiger partial charge on any atom is 0.318 e. The number of piperazine rings is 1. The fourth-order valence-electron chi connectivity index (χ4n) is 5.97. The number of nitrogens with zero attached hydrogens (tertiary/aromatic N) is 8. The number of hydrogen-bond acceptors (Lipinski definition) is 9. The Bertz CT molecular complexity index is 1600. The number of anilines is 2. The number of fused-ring (bicyclic) bond motifs is 2. The number of rotatable bonds is 11. The van der Waals surface area contributed by atoms with E-state index in [9.17, 15) is 4.79 Å². The number of carbonyl (C=O) groups is 1. The number of benzene rings is 1. The first-order valence-corrected chi connectivity index (χ1v) is 15.5. The topological polar surface area (TPSA) is 91.5 Å². The first-order valence-electron chi connectivity index (χ1n) is 15.5. The van der Waals surface area contributed by atoms with Gasteiger partial charge in [-0.1, -0.05) is 18.2 Å². The van der Waals surface area contributed by atoms with Crippen LogP contribution in [-0.4, -0.2) is 109 Å². The molecule has 6 rings (SSSR count). The van der Waals surface area contributed by atoms with Crippen molar-refractivity contribution >= 4 is 28.2 Å². The van der Waals surface area contributed by atoms with Crippen molar-refractivity contribution in [2.24, 2.45) is 0 Å². The summed E-state index contributed by atoms with van der Waals surface area (Å²) < 4.78 is 26.8. The van der Waals surface area contributed by atoms with E-state index >= 15 is 4.39 Å². The monoisotopic (exact) mass is 614 g/mol. The van der Waals surface area contributed by atoms with Gasteiger partial charge in [0.2, 0.25) is 12.5 Å². The van der Waals surface area contributed by atoms with Crippen LogP contribution in [-0.2, 0) is 22.5 Å². The lowest BCUT2D eigenvalue weighted by Crippen LogP contribution is -2.56. The minimum Gasteiger partial charge on any atom is -0.461 e. The second-order valence-corrected chi connectivity index (χ2v) is 12.0. The summed E-state index contributed by atoms with van der Waals surface area (Å²) in [6, 6.07) is 5.02. The molecule has 11 nitrogen and oxygen atoms in total. The molecule has 3 aliphatic rings. The van der Waals surface area contributed by atoms with E-state index in [0.717, 1.165) is 41.0 Å². The third kappa shape index (κ3) is 7.16. The summed E-state index contributed by atoms with van der Waals surface area (Å²) in [7, 11) is 3.90. The summed E-state index contributed by atoms with van der Waals surface area (Å²) in [4.78, 5) is 38.9. The number of carbonyl (C=O) groups excluding carboxylic acids is 1. The highest BCUT2D eigenvalue weighted by atomic mass is 19.1. The normalized spacial score (nSPS) is 18.5. The first-order chi connectivity index (χ1) is 21.9. The standard InChI is InChI=1S/C33H39FN8O3/c1-35-19-24-21-41(14-15-42(24)30(43)8-5-12-39(2)3)32-26-11-13-40(29-20-36-18-23-6-4-7-27(34)31(23)29)22-28(26)37-33(38-32)45-17-16-44-25-9-10-25/h4-8,18,20,24-25H,9-17,19,21-22H2,2-3H3/b8-5+/t24-/m0/s1. The molecule has 12 heteroatoms. The Balaban J connectivity index is 1.27. The molecule has 1 amide bonds. The Morgan fingerprint density at radius 1 is 1.16 bits per heavy atom. The molecule has 1 aliphatic carbocycles. The fourth-order valence-corrected chi connectivity index (χ4v) is 5.97. The van der Waals surface area contributed by atoms with Gasteiger partial charge in [-0.15, -0.1) is 0 Å². The van der Waals surface area contributed by atoms with E-state index in [1.54, 1.807) is 29.4 Å². The molecule has 0 N–H and O–H groups in total. The van der Waals surface area contributed by atoms with Crippen molar-refractivity contribution in [3.8, 4) is 6.01 Å². The number of halogens is 1. The van der Waals surface area contributed by atoms with Crippen LogP contribution in [0.3, 0.4) is 0 Å². The molecule has 2 aromatic heterocycles. The molecule has 0 unspecified atom stereocenters. The number of hydrogen-bond donors (Lipinski definition) is 0. The number of aromatic nitrogens is 3. The predicted octanol–water partition coefficient (Wildman–Crippen LogP) is 3.34. The van der Waals surface area contributed by atoms with Gasteiger partial charge >= 0.3 is 6.01 Å². The highest BCUT2D eigenvalue weighted by Crippen LogP contribution is 2.35. The van der Waals surface area contributed by atoms with E-state index in [-0.39, 0.29) is 30.3 Å². The Hall–Kier alpha value is -4.34. The Morgan fingerprint density at radius 2 is 2.02 bits per heavy atom. The van der Waals surface area contributed by atoms with E-state index in [2.05, 4.69) is 19.6 Å². The molecule has 3 aromatic rings. The first kappa shape index (κ1) is 30.7. The van der Waals surface area contributed by atoms with Gasteiger partial charge in [-0.2, -0.15) is 9.97 Å². The third-order valence-corrected chi connectivity index (χ3v) is 8.37. The smallest absolute Gasteiger partial charge is 0.318 e. The summed E-state index contributed by atoms with van der Waals surface area (Å²) in [5, 5.41) is 1.29. The molecular weight excluding hydrogens is 575 g/mol. The second kappa shape index (κ2) is 13.7. The van der Waals surface area contributed by atoms with E-state index in [1.165, 1.54) is 6.07 Å². The number of likely N-dealkylation sites (N-methyl/N-ethyl adjacent to an activating group) is 1. The lowest BCUT2D eigenvalue weighted by molar-refractivity contribution is -0.128. The Morgan fingerprint density at radius 3 is 2.82 bits per heavy atom. The average molecular weight is 615 g/mol. The van der Waals surface area contributed by atoms with Crippen molar-refractivity contribution in [1.82, 2.24) is 24.8 Å². The molecular formula is C33H39FN8O3. The lowest BCUT2D eigenvalue weighted by Gasteiger charge is -2.41. The highest BCUT2D eigenvalue weighted by Gasteiger charge is 2.35. The van der Waals surface area contributed by atoms with Gasteiger partial charge in [0.05, 0.1) is 36.8 Å². The zero-order chi connectivity index (χ0) is 31.3. The Labute approximate surface area is 263 Å². The maximum absolute atomic E-state index is 15.0. The maximum atomic E-state index is 15.0. The van der Waals surface area contributed by atoms with Gasteiger partial charge in [-0.3, -0.25) is 9.78 Å². The van der Waals surface area contributed by atoms with Crippen LogP contribution in [0.25, 0.3) is 15.6 Å². The van der Waals surface area contributed by atoms with Crippen LogP contribution in [0.1, 0.15) is 24.1 Å². The Kier molecular flexibility index (Phi) is 9.37. The number of amides is 1. The van der Waals surface area contributed by atoms with Crippen molar-refractivity contribution in [3.63, 3.8) is 0 Å². The third-order valence-electron chi connectivity index (χ3n) is 8.37. The van der Waals surface area contributed by atoms with E-state index < -0.39 is 0 Å². The fraction of sp³-hybridized carbons (Fsp3) is 0.485. The summed E-state index contributed by atoms with van der Waals surface area (Å²) in [5.41, 5.74) is 2.54. The van der Waals surface area contributed by atoms with Crippen LogP contribution in [0.15, 0.2) is 42.7 Å². The molecule has 1 saturated heterocycles. The van der Waals surface area contributed by atoms with Gasteiger partial charge in [-0.05, 0) is 39.4 Å². The van der Waals surface area contributed by atoms with Crippen molar-refractivity contribution in [3.05, 3.63) is 71.2 Å². The van der Waals surface area contributed by atoms with Crippen LogP contribution in [0.2, 0.25) is 0 Å². The molecule has 1 saturated carbocycles. The summed E-state index contributed by atoms with van der Waals surface area (Å²) >= 11 is 0. The molecule has 0 spiro atoms. The SMILES string of the molecule is [C-]#[N+]C[C@H]1CN(c2nc(OCCOC3CC3)nc3c2CCN(c2cncc4cccc(F)c24)C3)CCN1C(=O)/C=C/CN(C)C. The van der Waals surface area contributed by atoms with Gasteiger partial charge in [0.1, 0.15) is 24.3 Å². The van der Waals surface area contributed by atoms with Gasteiger partial charge in [0, 0.05) is 61.3 Å². The van der Waals surface area contributed by atoms with E-state index in [0.29, 0.717) is 70.4 Å². The molecule has 0 radical (unpaired) electrons. The van der Waals surface area contributed by atoms with Crippen LogP contribution in [0, 0.1) is 12.4 Å². The predicted molar refractivity (Wildman–Crippen MR) is 170 cm³/mol. The molecule has 45 heavy (non-hydrogen) atoms. The molecule has 4 heterocycles. The van der Waals surface area contributed by atoms with E-state index in [1.807, 2.05) is 31.1 Å². The van der Waals surface area contributed by atoms with Crippen molar-refractivity contribution in [2.75, 3.05) is 76.4 Å². The van der Waals surface area contributed by atoms with Crippen molar-refractivity contribution < 1.29 is 18.7 Å². The largest absolute Gasteiger partial charge is 0.461 e. The van der Waals surface area contributed by atoms with Gasteiger partial charge in [0.25, 0.3) is 0 Å². The van der Waals surface area contributed by atoms with E-state index in [4.69, 9.17) is 26.0 Å². The summed E-state index contributed by atoms with van der Waals surface area (Å²) in [6.45, 7) is 11.8. The molecule has 236 valence electrons. The zero-order valence-electron chi connectivity index (χ0n) is 25.9. The number of ether oxygens (including phenoxy) is 2. The molecule has 0 bridgehead atoms. The van der Waals surface area contributed by atoms with Crippen LogP contribution in [0.4, 0.5) is 15.9 Å². The summed E-state index contributed by atoms with van der Waals surface area (Å²) in [5.74, 6) is 0.403. The van der Waals surface area contributed by atoms with Gasteiger partial charge in [0.15, 0.2) is 0 Å². The van der Waals surface area contributed by atoms with Crippen molar-refractivity contribution in [1.29, 1.82) is 0 Å². The average Bonchev–Trinajstić information content (AvgIpc) is 3.87. The zero-order valence-corrected chi connectivity index (χ0v) is 25.9. The molecule has 2 fully saturated rings. The quantitative estimate of drug-likeness (QED) is 0.183. The van der Waals surface area contributed by atoms with Crippen LogP contribution in [0.5, 0.6) is 6.01 Å². The van der Waals surface area contributed by atoms with Crippen LogP contribution < -0.4 is 14.5 Å². The molecule has 1 aromatic carbocycles. The molecule has 2 aliphatic heterocycles. The lowest BCUT2D eigenvalue weighted by atomic mass is 10.0. The number of pyridine rings is 1. The summed E-state index contributed by atoms with van der Waals surface area (Å²) in [6.07, 6.45) is 9.99. The minimum atomic E-state index is -0.284. The van der Waals surface area contributed by atoms with Crippen molar-refractivity contribution in [2.45, 2.75) is 38.0 Å². The van der Waals surface area contributed by atoms with Gasteiger partial charge in [-0.25, -0.2) is 11.0 Å². The highest BCUT2D eigenvalue weighted by molar-refractivity contribution is 5.94. The van der Waals surface area contributed by atoms with Gasteiger partial charge < -0.3 is 33.9 Å². The minimum absolute atomic E-state index is 0.0823.